The van der Waals surface area contributed by atoms with Crippen molar-refractivity contribution in [3.05, 3.63) is 0 Å². The second-order valence-corrected chi connectivity index (χ2v) is 23.9. The minimum Gasteiger partial charge on any atom is -0.461 e. The Balaban J connectivity index is 0.882. The van der Waals surface area contributed by atoms with Gasteiger partial charge in [-0.2, -0.15) is 0 Å². The Morgan fingerprint density at radius 2 is 1.02 bits per heavy atom. The molecule has 0 aromatic carbocycles. The fourth-order valence-corrected chi connectivity index (χ4v) is 19.4. The van der Waals surface area contributed by atoms with Crippen LogP contribution in [0.1, 0.15) is 156 Å². The zero-order valence-electron chi connectivity index (χ0n) is 32.4. The van der Waals surface area contributed by atoms with Gasteiger partial charge in [0.1, 0.15) is 11.7 Å². The van der Waals surface area contributed by atoms with Crippen LogP contribution >= 0.6 is 0 Å². The summed E-state index contributed by atoms with van der Waals surface area (Å²) in [5.74, 6) is 7.33. The van der Waals surface area contributed by atoms with E-state index in [1.165, 1.54) is 96.3 Å². The molecule has 0 radical (unpaired) electrons. The highest BCUT2D eigenvalue weighted by Crippen LogP contribution is 2.73. The number of hydrogen-bond acceptors (Lipinski definition) is 6. The second kappa shape index (κ2) is 10.4. The van der Waals surface area contributed by atoms with Crippen LogP contribution in [-0.4, -0.2) is 40.6 Å². The molecule has 0 aliphatic heterocycles. The highest BCUT2D eigenvalue weighted by Gasteiger charge is 2.73. The molecule has 6 nitrogen and oxygen atoms in total. The van der Waals surface area contributed by atoms with E-state index in [-0.39, 0.29) is 35.0 Å². The van der Waals surface area contributed by atoms with Gasteiger partial charge < -0.3 is 19.3 Å². The maximum atomic E-state index is 15.2. The highest BCUT2D eigenvalue weighted by molar-refractivity contribution is 5.83. The Bertz CT molecular complexity index is 1500. The number of carbonyl (C=O) groups excluding carboxylic acids is 2. The highest BCUT2D eigenvalue weighted by atomic mass is 16.6. The summed E-state index contributed by atoms with van der Waals surface area (Å²) < 4.78 is 21.2. The van der Waals surface area contributed by atoms with Gasteiger partial charge in [0.05, 0.1) is 16.4 Å². The lowest BCUT2D eigenvalue weighted by molar-refractivity contribution is -0.324. The molecule has 0 aromatic heterocycles. The van der Waals surface area contributed by atoms with Crippen molar-refractivity contribution in [1.82, 2.24) is 0 Å². The van der Waals surface area contributed by atoms with Crippen LogP contribution in [0.3, 0.4) is 0 Å². The molecular weight excluding hydrogens is 648 g/mol. The van der Waals surface area contributed by atoms with E-state index in [9.17, 15) is 5.11 Å². The van der Waals surface area contributed by atoms with Crippen molar-refractivity contribution in [1.29, 1.82) is 0 Å². The van der Waals surface area contributed by atoms with E-state index < -0.39 is 28.1 Å². The Morgan fingerprint density at radius 3 is 1.54 bits per heavy atom. The van der Waals surface area contributed by atoms with E-state index >= 15 is 9.59 Å². The third kappa shape index (κ3) is 4.38. The quantitative estimate of drug-likeness (QED) is 0.210. The van der Waals surface area contributed by atoms with Gasteiger partial charge in [0, 0.05) is 10.8 Å². The first-order valence-corrected chi connectivity index (χ1v) is 22.6. The fourth-order valence-electron chi connectivity index (χ4n) is 19.4. The van der Waals surface area contributed by atoms with Gasteiger partial charge in [-0.25, -0.2) is 0 Å². The summed E-state index contributed by atoms with van der Waals surface area (Å²) in [6, 6.07) is 0. The summed E-state index contributed by atoms with van der Waals surface area (Å²) in [5, 5.41) is 12.7. The Labute approximate surface area is 312 Å². The third-order valence-electron chi connectivity index (χ3n) is 20.5. The van der Waals surface area contributed by atoms with Gasteiger partial charge >= 0.3 is 11.9 Å². The van der Waals surface area contributed by atoms with Gasteiger partial charge in [0.15, 0.2) is 6.29 Å². The molecule has 52 heavy (non-hydrogen) atoms. The topological polar surface area (TPSA) is 82.1 Å². The molecule has 0 amide bonds. The lowest BCUT2D eigenvalue weighted by atomic mass is 9.39. The summed E-state index contributed by atoms with van der Waals surface area (Å²) in [6.45, 7) is 7.00. The number of ether oxygens (including phenoxy) is 3. The first kappa shape index (κ1) is 33.0. The van der Waals surface area contributed by atoms with Crippen LogP contribution in [0.15, 0.2) is 0 Å². The van der Waals surface area contributed by atoms with Crippen molar-refractivity contribution in [2.75, 3.05) is 0 Å². The van der Waals surface area contributed by atoms with Crippen LogP contribution in [0.25, 0.3) is 0 Å². The standard InChI is InChI=1S/C46H66O6/c1-41-17-29-6-30(18-41)8-32(7-29)37(41)50-38(47)44-19-31-20-45(22-44,39(48)51-42(2)33-9-25-4-26(11-33)12-34(42)10-25)24-46(21-31,23-44)40(49)52-43(3)35-13-27-5-28(15-35)16-36(43)14-27/h25-37,39,48H,4-24H2,1-3H3. The number of aliphatic hydroxyl groups is 1. The second-order valence-electron chi connectivity index (χ2n) is 23.9. The van der Waals surface area contributed by atoms with E-state index in [2.05, 4.69) is 20.8 Å². The van der Waals surface area contributed by atoms with Gasteiger partial charge in [-0.05, 0) is 220 Å². The number of aliphatic hydroxyl groups excluding tert-OH is 1. The summed E-state index contributed by atoms with van der Waals surface area (Å²) >= 11 is 0. The SMILES string of the molecule is CC12CC3CC(CC(C3)C1OC(=O)C13CC4CC(C(=O)OC5(C)C6CC7CC(C6)CC5C7)(C1)CC(C(O)OC1(C)C5CC6CC(C5)CC1C6)(C4)C3)C2. The molecule has 8 atom stereocenters. The first-order chi connectivity index (χ1) is 24.8. The van der Waals surface area contributed by atoms with Gasteiger partial charge in [0.2, 0.25) is 0 Å². The van der Waals surface area contributed by atoms with Crippen LogP contribution in [-0.2, 0) is 23.8 Å². The van der Waals surface area contributed by atoms with E-state index in [4.69, 9.17) is 14.2 Å². The van der Waals surface area contributed by atoms with Crippen molar-refractivity contribution in [3.63, 3.8) is 0 Å². The summed E-state index contributed by atoms with van der Waals surface area (Å²) in [7, 11) is 0. The number of carbonyl (C=O) groups is 2. The number of rotatable bonds is 7. The first-order valence-electron chi connectivity index (χ1n) is 22.6. The molecule has 6 heteroatoms. The van der Waals surface area contributed by atoms with Crippen molar-refractivity contribution < 1.29 is 28.9 Å². The summed E-state index contributed by atoms with van der Waals surface area (Å²) in [4.78, 5) is 30.4. The average molecular weight is 715 g/mol. The van der Waals surface area contributed by atoms with Crippen LogP contribution in [0, 0.1) is 92.7 Å². The molecule has 16 saturated carbocycles. The summed E-state index contributed by atoms with van der Waals surface area (Å²) in [6.07, 6.45) is 21.7. The third-order valence-corrected chi connectivity index (χ3v) is 20.5. The molecule has 8 unspecified atom stereocenters. The van der Waals surface area contributed by atoms with Crippen LogP contribution in [0.4, 0.5) is 0 Å². The molecule has 1 N–H and O–H groups in total. The van der Waals surface area contributed by atoms with E-state index in [1.54, 1.807) is 0 Å². The Morgan fingerprint density at radius 1 is 0.538 bits per heavy atom. The van der Waals surface area contributed by atoms with Crippen molar-refractivity contribution in [3.8, 4) is 0 Å². The van der Waals surface area contributed by atoms with Crippen LogP contribution in [0.2, 0.25) is 0 Å². The molecule has 0 spiro atoms. The van der Waals surface area contributed by atoms with Gasteiger partial charge in [-0.3, -0.25) is 9.59 Å². The largest absolute Gasteiger partial charge is 0.461 e. The molecule has 0 aromatic rings. The smallest absolute Gasteiger partial charge is 0.312 e. The van der Waals surface area contributed by atoms with Crippen molar-refractivity contribution in [2.45, 2.75) is 179 Å². The van der Waals surface area contributed by atoms with Crippen LogP contribution in [0.5, 0.6) is 0 Å². The maximum Gasteiger partial charge on any atom is 0.312 e. The van der Waals surface area contributed by atoms with E-state index in [1.807, 2.05) is 0 Å². The number of hydrogen-bond donors (Lipinski definition) is 1. The molecule has 16 aliphatic carbocycles. The minimum absolute atomic E-state index is 0.0141. The van der Waals surface area contributed by atoms with Crippen molar-refractivity contribution >= 4 is 11.9 Å². The molecule has 16 aliphatic rings. The van der Waals surface area contributed by atoms with Gasteiger partial charge in [0.25, 0.3) is 0 Å². The lowest BCUT2D eigenvalue weighted by Crippen LogP contribution is -2.68. The zero-order chi connectivity index (χ0) is 35.2. The molecule has 0 heterocycles. The molecule has 16 rings (SSSR count). The van der Waals surface area contributed by atoms with Crippen LogP contribution < -0.4 is 0 Å². The van der Waals surface area contributed by atoms with Crippen molar-refractivity contribution in [2.24, 2.45) is 92.7 Å². The normalized spacial score (nSPS) is 61.4. The average Bonchev–Trinajstić information content (AvgIpc) is 3.06. The minimum atomic E-state index is -0.978. The van der Waals surface area contributed by atoms with E-state index in [0.29, 0.717) is 48.9 Å². The van der Waals surface area contributed by atoms with E-state index in [0.717, 1.165) is 54.8 Å². The molecule has 16 bridgehead atoms. The molecule has 16 fully saturated rings. The number of esters is 2. The Kier molecular flexibility index (Phi) is 6.62. The maximum absolute atomic E-state index is 15.2. The predicted molar refractivity (Wildman–Crippen MR) is 194 cm³/mol. The van der Waals surface area contributed by atoms with Gasteiger partial charge in [-0.1, -0.05) is 6.92 Å². The summed E-state index contributed by atoms with van der Waals surface area (Å²) in [5.41, 5.74) is -2.82. The molecule has 286 valence electrons. The fraction of sp³-hybridized carbons (Fsp3) is 0.957. The lowest BCUT2D eigenvalue weighted by Gasteiger charge is -2.67. The molecule has 0 saturated heterocycles. The Hall–Kier alpha value is -1.14. The monoisotopic (exact) mass is 714 g/mol. The molecular formula is C46H66O6. The predicted octanol–water partition coefficient (Wildman–Crippen LogP) is 9.01. The zero-order valence-corrected chi connectivity index (χ0v) is 32.4. The van der Waals surface area contributed by atoms with Gasteiger partial charge in [-0.15, -0.1) is 0 Å².